The predicted molar refractivity (Wildman–Crippen MR) is 54.8 cm³/mol. The van der Waals surface area contributed by atoms with E-state index in [0.29, 0.717) is 18.9 Å². The van der Waals surface area contributed by atoms with Crippen molar-refractivity contribution in [2.45, 2.75) is 25.4 Å². The van der Waals surface area contributed by atoms with E-state index in [1.54, 1.807) is 11.3 Å². The van der Waals surface area contributed by atoms with Gasteiger partial charge < -0.3 is 10.8 Å². The largest absolute Gasteiger partial charge is 0.385 e. The second kappa shape index (κ2) is 3.08. The zero-order valence-electron chi connectivity index (χ0n) is 7.79. The normalized spacial score (nSPS) is 32.1. The molecule has 0 aromatic carbocycles. The van der Waals surface area contributed by atoms with Crippen LogP contribution in [0.15, 0.2) is 10.8 Å². The van der Waals surface area contributed by atoms with E-state index in [1.165, 1.54) is 5.56 Å². The van der Waals surface area contributed by atoms with E-state index in [9.17, 15) is 5.11 Å². The second-order valence-electron chi connectivity index (χ2n) is 3.88. The summed E-state index contributed by atoms with van der Waals surface area (Å²) in [5.41, 5.74) is 7.31. The van der Waals surface area contributed by atoms with Crippen LogP contribution in [-0.4, -0.2) is 11.7 Å². The fourth-order valence-electron chi connectivity index (χ4n) is 2.23. The van der Waals surface area contributed by atoms with E-state index < -0.39 is 5.60 Å². The molecule has 72 valence electrons. The van der Waals surface area contributed by atoms with E-state index in [0.717, 1.165) is 12.0 Å². The molecule has 13 heavy (non-hydrogen) atoms. The summed E-state index contributed by atoms with van der Waals surface area (Å²) in [6, 6.07) is 0. The summed E-state index contributed by atoms with van der Waals surface area (Å²) in [6.07, 6.45) is 1.67. The van der Waals surface area contributed by atoms with Gasteiger partial charge in [0.25, 0.3) is 0 Å². The van der Waals surface area contributed by atoms with Gasteiger partial charge in [0.2, 0.25) is 0 Å². The number of hydrogen-bond acceptors (Lipinski definition) is 3. The van der Waals surface area contributed by atoms with Crippen LogP contribution in [0.5, 0.6) is 0 Å². The maximum absolute atomic E-state index is 10.4. The average molecular weight is 197 g/mol. The van der Waals surface area contributed by atoms with Gasteiger partial charge in [0, 0.05) is 0 Å². The Bertz CT molecular complexity index is 310. The molecule has 2 nitrogen and oxygen atoms in total. The van der Waals surface area contributed by atoms with E-state index in [4.69, 9.17) is 5.73 Å². The molecular formula is C10H15NOS. The highest BCUT2D eigenvalue weighted by molar-refractivity contribution is 7.08. The molecule has 0 bridgehead atoms. The van der Waals surface area contributed by atoms with Gasteiger partial charge >= 0.3 is 0 Å². The van der Waals surface area contributed by atoms with Crippen LogP contribution in [0.4, 0.5) is 0 Å². The fourth-order valence-corrected chi connectivity index (χ4v) is 3.17. The fraction of sp³-hybridized carbons (Fsp3) is 0.600. The van der Waals surface area contributed by atoms with Crippen LogP contribution in [0, 0.1) is 5.92 Å². The van der Waals surface area contributed by atoms with Gasteiger partial charge in [-0.15, -0.1) is 0 Å². The molecule has 1 aromatic heterocycles. The van der Waals surface area contributed by atoms with Crippen LogP contribution in [0.1, 0.15) is 24.5 Å². The van der Waals surface area contributed by atoms with E-state index >= 15 is 0 Å². The van der Waals surface area contributed by atoms with E-state index in [2.05, 4.69) is 17.7 Å². The lowest BCUT2D eigenvalue weighted by atomic mass is 9.86. The molecule has 0 spiro atoms. The molecule has 1 aromatic rings. The highest BCUT2D eigenvalue weighted by Gasteiger charge is 2.42. The number of fused-ring (bicyclic) bond motifs is 1. The van der Waals surface area contributed by atoms with Crippen molar-refractivity contribution in [1.29, 1.82) is 0 Å². The molecule has 3 N–H and O–H groups in total. The summed E-state index contributed by atoms with van der Waals surface area (Å²) in [5, 5.41) is 14.6. The molecule has 2 rings (SSSR count). The quantitative estimate of drug-likeness (QED) is 0.754. The van der Waals surface area contributed by atoms with Crippen molar-refractivity contribution in [3.05, 3.63) is 21.9 Å². The van der Waals surface area contributed by atoms with Crippen molar-refractivity contribution >= 4 is 11.3 Å². The van der Waals surface area contributed by atoms with Crippen molar-refractivity contribution in [2.24, 2.45) is 11.7 Å². The summed E-state index contributed by atoms with van der Waals surface area (Å²) in [4.78, 5) is 0. The van der Waals surface area contributed by atoms with Crippen LogP contribution in [0.25, 0.3) is 0 Å². The van der Waals surface area contributed by atoms with Gasteiger partial charge in [-0.1, -0.05) is 6.92 Å². The van der Waals surface area contributed by atoms with Gasteiger partial charge in [0.1, 0.15) is 0 Å². The average Bonchev–Trinajstić information content (AvgIpc) is 2.59. The smallest absolute Gasteiger partial charge is 0.0947 e. The van der Waals surface area contributed by atoms with Gasteiger partial charge in [-0.3, -0.25) is 0 Å². The number of thiophene rings is 1. The van der Waals surface area contributed by atoms with Crippen LogP contribution >= 0.6 is 11.3 Å². The minimum absolute atomic E-state index is 0.314. The Morgan fingerprint density at radius 1 is 1.69 bits per heavy atom. The van der Waals surface area contributed by atoms with Gasteiger partial charge in [-0.2, -0.15) is 11.3 Å². The van der Waals surface area contributed by atoms with E-state index in [1.807, 2.05) is 0 Å². The number of rotatable bonds is 2. The molecule has 0 saturated carbocycles. The molecule has 0 radical (unpaired) electrons. The Morgan fingerprint density at radius 2 is 2.46 bits per heavy atom. The van der Waals surface area contributed by atoms with Crippen molar-refractivity contribution in [1.82, 2.24) is 0 Å². The minimum Gasteiger partial charge on any atom is -0.385 e. The predicted octanol–water partition coefficient (Wildman–Crippen LogP) is 1.48. The van der Waals surface area contributed by atoms with Crippen LogP contribution in [-0.2, 0) is 12.0 Å². The summed E-state index contributed by atoms with van der Waals surface area (Å²) >= 11 is 1.67. The first-order valence-corrected chi connectivity index (χ1v) is 5.60. The third kappa shape index (κ3) is 1.23. The zero-order valence-corrected chi connectivity index (χ0v) is 8.60. The number of aliphatic hydroxyl groups is 1. The second-order valence-corrected chi connectivity index (χ2v) is 4.62. The first kappa shape index (κ1) is 9.19. The van der Waals surface area contributed by atoms with Crippen LogP contribution < -0.4 is 5.73 Å². The maximum Gasteiger partial charge on any atom is 0.0947 e. The molecule has 2 unspecified atom stereocenters. The Labute approximate surface area is 82.4 Å². The topological polar surface area (TPSA) is 46.2 Å². The summed E-state index contributed by atoms with van der Waals surface area (Å²) in [6.45, 7) is 2.65. The molecule has 0 saturated heterocycles. The van der Waals surface area contributed by atoms with Crippen LogP contribution in [0.2, 0.25) is 0 Å². The van der Waals surface area contributed by atoms with Gasteiger partial charge in [-0.05, 0) is 47.2 Å². The maximum atomic E-state index is 10.4. The Kier molecular flexibility index (Phi) is 2.18. The molecule has 1 heterocycles. The van der Waals surface area contributed by atoms with Gasteiger partial charge in [-0.25, -0.2) is 0 Å². The highest BCUT2D eigenvalue weighted by atomic mass is 32.1. The Hall–Kier alpha value is -0.380. The molecular weight excluding hydrogens is 182 g/mol. The molecule has 1 aliphatic carbocycles. The summed E-state index contributed by atoms with van der Waals surface area (Å²) in [5.74, 6) is 0.314. The molecule has 0 aliphatic heterocycles. The molecule has 1 aliphatic rings. The zero-order chi connectivity index (χ0) is 9.47. The lowest BCUT2D eigenvalue weighted by Gasteiger charge is -2.27. The third-order valence-corrected chi connectivity index (χ3v) is 3.87. The third-order valence-electron chi connectivity index (χ3n) is 3.08. The SMILES string of the molecule is CC1Cc2cscc2C1(O)CCN. The lowest BCUT2D eigenvalue weighted by molar-refractivity contribution is -0.00989. The molecule has 0 amide bonds. The van der Waals surface area contributed by atoms with Gasteiger partial charge in [0.15, 0.2) is 0 Å². The lowest BCUT2D eigenvalue weighted by Crippen LogP contribution is -2.32. The molecule has 3 heteroatoms. The highest BCUT2D eigenvalue weighted by Crippen LogP contribution is 2.44. The number of hydrogen-bond donors (Lipinski definition) is 2. The first-order valence-electron chi connectivity index (χ1n) is 4.66. The minimum atomic E-state index is -0.649. The van der Waals surface area contributed by atoms with Gasteiger partial charge in [0.05, 0.1) is 5.60 Å². The Morgan fingerprint density at radius 3 is 3.15 bits per heavy atom. The Balaban J connectivity index is 2.38. The summed E-state index contributed by atoms with van der Waals surface area (Å²) in [7, 11) is 0. The van der Waals surface area contributed by atoms with Crippen molar-refractivity contribution in [3.8, 4) is 0 Å². The van der Waals surface area contributed by atoms with Crippen molar-refractivity contribution in [3.63, 3.8) is 0 Å². The van der Waals surface area contributed by atoms with Crippen molar-refractivity contribution in [2.75, 3.05) is 6.54 Å². The van der Waals surface area contributed by atoms with Crippen molar-refractivity contribution < 1.29 is 5.11 Å². The molecule has 0 fully saturated rings. The summed E-state index contributed by atoms with van der Waals surface area (Å²) < 4.78 is 0. The first-order chi connectivity index (χ1) is 6.18. The number of nitrogens with two attached hydrogens (primary N) is 1. The molecule has 2 atom stereocenters. The van der Waals surface area contributed by atoms with Crippen LogP contribution in [0.3, 0.4) is 0 Å². The van der Waals surface area contributed by atoms with E-state index in [-0.39, 0.29) is 0 Å². The standard InChI is InChI=1S/C10H15NOS/c1-7-4-8-5-13-6-9(8)10(7,12)2-3-11/h5-7,12H,2-4,11H2,1H3. The monoisotopic (exact) mass is 197 g/mol.